The van der Waals surface area contributed by atoms with Crippen molar-refractivity contribution in [1.29, 1.82) is 0 Å². The van der Waals surface area contributed by atoms with E-state index in [1.165, 1.54) is 0 Å². The highest BCUT2D eigenvalue weighted by molar-refractivity contribution is 5.57. The lowest BCUT2D eigenvalue weighted by molar-refractivity contribution is 0.412. The predicted molar refractivity (Wildman–Crippen MR) is 84.8 cm³/mol. The van der Waals surface area contributed by atoms with Gasteiger partial charge in [0.05, 0.1) is 0 Å². The SMILES string of the molecule is CCCN(CCN(C)C)c1cc(C)c(F)cc1C(C)N. The molecule has 20 heavy (non-hydrogen) atoms. The molecule has 0 saturated heterocycles. The molecule has 0 aliphatic carbocycles. The molecule has 1 aromatic carbocycles. The number of nitrogens with zero attached hydrogens (tertiary/aromatic N) is 2. The zero-order chi connectivity index (χ0) is 15.3. The van der Waals surface area contributed by atoms with Crippen LogP contribution in [-0.2, 0) is 0 Å². The van der Waals surface area contributed by atoms with Gasteiger partial charge >= 0.3 is 0 Å². The fourth-order valence-corrected chi connectivity index (χ4v) is 2.26. The largest absolute Gasteiger partial charge is 0.370 e. The Labute approximate surface area is 122 Å². The van der Waals surface area contributed by atoms with E-state index in [1.807, 2.05) is 13.0 Å². The molecule has 1 unspecified atom stereocenters. The quantitative estimate of drug-likeness (QED) is 0.834. The molecule has 0 bridgehead atoms. The number of anilines is 1. The Kier molecular flexibility index (Phi) is 6.43. The number of likely N-dealkylation sites (N-methyl/N-ethyl adjacent to an activating group) is 1. The molecule has 0 aliphatic heterocycles. The molecule has 0 amide bonds. The zero-order valence-electron chi connectivity index (χ0n) is 13.4. The molecule has 3 nitrogen and oxygen atoms in total. The number of aryl methyl sites for hydroxylation is 1. The maximum Gasteiger partial charge on any atom is 0.126 e. The summed E-state index contributed by atoms with van der Waals surface area (Å²) in [6.45, 7) is 8.72. The van der Waals surface area contributed by atoms with Gasteiger partial charge in [0.1, 0.15) is 5.82 Å². The average Bonchev–Trinajstić information content (AvgIpc) is 2.37. The number of hydrogen-bond acceptors (Lipinski definition) is 3. The van der Waals surface area contributed by atoms with Gasteiger partial charge in [-0.1, -0.05) is 6.92 Å². The monoisotopic (exact) mass is 281 g/mol. The third-order valence-electron chi connectivity index (χ3n) is 3.45. The number of hydrogen-bond donors (Lipinski definition) is 1. The van der Waals surface area contributed by atoms with E-state index in [-0.39, 0.29) is 11.9 Å². The van der Waals surface area contributed by atoms with Gasteiger partial charge in [0.15, 0.2) is 0 Å². The predicted octanol–water partition coefficient (Wildman–Crippen LogP) is 2.93. The van der Waals surface area contributed by atoms with Gasteiger partial charge in [-0.25, -0.2) is 4.39 Å². The van der Waals surface area contributed by atoms with Crippen LogP contribution in [0.5, 0.6) is 0 Å². The van der Waals surface area contributed by atoms with E-state index in [1.54, 1.807) is 13.0 Å². The lowest BCUT2D eigenvalue weighted by Crippen LogP contribution is -2.33. The van der Waals surface area contributed by atoms with Crippen LogP contribution in [0, 0.1) is 12.7 Å². The van der Waals surface area contributed by atoms with E-state index in [4.69, 9.17) is 5.73 Å². The number of benzene rings is 1. The van der Waals surface area contributed by atoms with Crippen molar-refractivity contribution in [2.75, 3.05) is 38.6 Å². The van der Waals surface area contributed by atoms with Crippen molar-refractivity contribution in [2.45, 2.75) is 33.2 Å². The molecule has 2 N–H and O–H groups in total. The maximum absolute atomic E-state index is 13.8. The Morgan fingerprint density at radius 1 is 1.20 bits per heavy atom. The van der Waals surface area contributed by atoms with Gasteiger partial charge in [-0.05, 0) is 57.6 Å². The van der Waals surface area contributed by atoms with Crippen LogP contribution < -0.4 is 10.6 Å². The van der Waals surface area contributed by atoms with Gasteiger partial charge in [0, 0.05) is 31.4 Å². The summed E-state index contributed by atoms with van der Waals surface area (Å²) < 4.78 is 13.8. The molecular weight excluding hydrogens is 253 g/mol. The van der Waals surface area contributed by atoms with Crippen molar-refractivity contribution < 1.29 is 4.39 Å². The summed E-state index contributed by atoms with van der Waals surface area (Å²) in [7, 11) is 4.12. The zero-order valence-corrected chi connectivity index (χ0v) is 13.4. The van der Waals surface area contributed by atoms with Gasteiger partial charge < -0.3 is 15.5 Å². The third-order valence-corrected chi connectivity index (χ3v) is 3.45. The summed E-state index contributed by atoms with van der Waals surface area (Å²) in [5.41, 5.74) is 8.66. The summed E-state index contributed by atoms with van der Waals surface area (Å²) in [6, 6.07) is 3.35. The van der Waals surface area contributed by atoms with Gasteiger partial charge in [0.2, 0.25) is 0 Å². The maximum atomic E-state index is 13.8. The summed E-state index contributed by atoms with van der Waals surface area (Å²) >= 11 is 0. The number of rotatable bonds is 7. The average molecular weight is 281 g/mol. The normalized spacial score (nSPS) is 12.8. The first-order chi connectivity index (χ1) is 9.36. The van der Waals surface area contributed by atoms with Crippen LogP contribution in [0.25, 0.3) is 0 Å². The Bertz CT molecular complexity index is 430. The highest BCUT2D eigenvalue weighted by atomic mass is 19.1. The standard InChI is InChI=1S/C16H28FN3/c1-6-7-20(9-8-19(4)5)16-10-12(2)15(17)11-14(16)13(3)18/h10-11,13H,6-9,18H2,1-5H3. The molecule has 0 saturated carbocycles. The van der Waals surface area contributed by atoms with Crippen LogP contribution in [-0.4, -0.2) is 38.6 Å². The van der Waals surface area contributed by atoms with Gasteiger partial charge in [-0.3, -0.25) is 0 Å². The molecule has 0 spiro atoms. The van der Waals surface area contributed by atoms with Crippen LogP contribution in [0.15, 0.2) is 12.1 Å². The van der Waals surface area contributed by atoms with Crippen molar-refractivity contribution in [3.63, 3.8) is 0 Å². The second-order valence-corrected chi connectivity index (χ2v) is 5.74. The smallest absolute Gasteiger partial charge is 0.126 e. The third kappa shape index (κ3) is 4.46. The molecule has 1 rings (SSSR count). The first kappa shape index (κ1) is 16.9. The summed E-state index contributed by atoms with van der Waals surface area (Å²) in [5.74, 6) is -0.176. The van der Waals surface area contributed by atoms with Crippen LogP contribution >= 0.6 is 0 Å². The van der Waals surface area contributed by atoms with E-state index in [9.17, 15) is 4.39 Å². The van der Waals surface area contributed by atoms with Gasteiger partial charge in [-0.15, -0.1) is 0 Å². The van der Waals surface area contributed by atoms with Gasteiger partial charge in [0.25, 0.3) is 0 Å². The molecule has 0 aromatic heterocycles. The Balaban J connectivity index is 3.13. The minimum absolute atomic E-state index is 0.168. The highest BCUT2D eigenvalue weighted by Gasteiger charge is 2.16. The lowest BCUT2D eigenvalue weighted by atomic mass is 10.0. The summed E-state index contributed by atoms with van der Waals surface area (Å²) in [5, 5.41) is 0. The fraction of sp³-hybridized carbons (Fsp3) is 0.625. The van der Waals surface area contributed by atoms with Crippen LogP contribution in [0.1, 0.15) is 37.4 Å². The lowest BCUT2D eigenvalue weighted by Gasteiger charge is -2.29. The van der Waals surface area contributed by atoms with Crippen LogP contribution in [0.3, 0.4) is 0 Å². The molecule has 0 fully saturated rings. The summed E-state index contributed by atoms with van der Waals surface area (Å²) in [4.78, 5) is 4.47. The molecule has 4 heteroatoms. The van der Waals surface area contributed by atoms with Crippen LogP contribution in [0.4, 0.5) is 10.1 Å². The second-order valence-electron chi connectivity index (χ2n) is 5.74. The van der Waals surface area contributed by atoms with E-state index in [0.29, 0.717) is 5.56 Å². The molecule has 1 aromatic rings. The first-order valence-electron chi connectivity index (χ1n) is 7.32. The molecule has 0 aliphatic rings. The minimum Gasteiger partial charge on any atom is -0.370 e. The van der Waals surface area contributed by atoms with Crippen molar-refractivity contribution >= 4 is 5.69 Å². The topological polar surface area (TPSA) is 32.5 Å². The van der Waals surface area contributed by atoms with Crippen molar-refractivity contribution in [1.82, 2.24) is 4.90 Å². The Morgan fingerprint density at radius 3 is 2.35 bits per heavy atom. The van der Waals surface area contributed by atoms with Gasteiger partial charge in [-0.2, -0.15) is 0 Å². The van der Waals surface area contributed by atoms with Crippen molar-refractivity contribution in [2.24, 2.45) is 5.73 Å². The Hall–Kier alpha value is -1.13. The van der Waals surface area contributed by atoms with Crippen molar-refractivity contribution in [3.8, 4) is 0 Å². The van der Waals surface area contributed by atoms with Crippen molar-refractivity contribution in [3.05, 3.63) is 29.1 Å². The van der Waals surface area contributed by atoms with E-state index in [0.717, 1.165) is 37.3 Å². The molecule has 0 radical (unpaired) electrons. The molecular formula is C16H28FN3. The van der Waals surface area contributed by atoms with E-state index < -0.39 is 0 Å². The number of halogens is 1. The van der Waals surface area contributed by atoms with E-state index >= 15 is 0 Å². The first-order valence-corrected chi connectivity index (χ1v) is 7.32. The summed E-state index contributed by atoms with van der Waals surface area (Å²) in [6.07, 6.45) is 1.06. The van der Waals surface area contributed by atoms with Crippen LogP contribution in [0.2, 0.25) is 0 Å². The second kappa shape index (κ2) is 7.60. The Morgan fingerprint density at radius 2 is 1.85 bits per heavy atom. The molecule has 1 atom stereocenters. The number of nitrogens with two attached hydrogens (primary N) is 1. The highest BCUT2D eigenvalue weighted by Crippen LogP contribution is 2.28. The molecule has 114 valence electrons. The molecule has 0 heterocycles. The minimum atomic E-state index is -0.176. The fourth-order valence-electron chi connectivity index (χ4n) is 2.26. The van der Waals surface area contributed by atoms with E-state index in [2.05, 4.69) is 30.8 Å².